The summed E-state index contributed by atoms with van der Waals surface area (Å²) < 4.78 is 12.8. The van der Waals surface area contributed by atoms with Crippen molar-refractivity contribution in [1.82, 2.24) is 5.32 Å². The monoisotopic (exact) mass is 235 g/mol. The first-order chi connectivity index (χ1) is 8.28. The Balaban J connectivity index is 1.94. The third-order valence-electron chi connectivity index (χ3n) is 3.88. The van der Waals surface area contributed by atoms with Crippen LogP contribution < -0.4 is 5.32 Å². The van der Waals surface area contributed by atoms with Crippen molar-refractivity contribution < 1.29 is 4.39 Å². The maximum atomic E-state index is 12.8. The Kier molecular flexibility index (Phi) is 4.55. The molecule has 2 unspecified atom stereocenters. The molecule has 0 amide bonds. The number of rotatable bonds is 3. The van der Waals surface area contributed by atoms with Crippen molar-refractivity contribution in [3.8, 4) is 0 Å². The smallest absolute Gasteiger partial charge is 0.123 e. The molecule has 1 aliphatic carbocycles. The third kappa shape index (κ3) is 3.81. The molecule has 1 N–H and O–H groups in total. The van der Waals surface area contributed by atoms with E-state index in [4.69, 9.17) is 0 Å². The fourth-order valence-corrected chi connectivity index (χ4v) is 2.86. The van der Waals surface area contributed by atoms with E-state index in [1.54, 1.807) is 12.1 Å². The standard InChI is InChI=1S/C15H22FN/c1-17-15-5-3-2-4-13(11-15)10-12-6-8-14(16)9-7-12/h6-9,13,15,17H,2-5,10-11H2,1H3. The summed E-state index contributed by atoms with van der Waals surface area (Å²) in [4.78, 5) is 0. The first kappa shape index (κ1) is 12.6. The zero-order valence-corrected chi connectivity index (χ0v) is 10.6. The van der Waals surface area contributed by atoms with Crippen LogP contribution in [0.3, 0.4) is 0 Å². The Morgan fingerprint density at radius 1 is 1.18 bits per heavy atom. The quantitative estimate of drug-likeness (QED) is 0.790. The van der Waals surface area contributed by atoms with E-state index < -0.39 is 0 Å². The van der Waals surface area contributed by atoms with Gasteiger partial charge in [0.2, 0.25) is 0 Å². The van der Waals surface area contributed by atoms with Gasteiger partial charge in [-0.05, 0) is 49.9 Å². The van der Waals surface area contributed by atoms with E-state index in [1.807, 2.05) is 12.1 Å². The van der Waals surface area contributed by atoms with Gasteiger partial charge in [-0.2, -0.15) is 0 Å². The second kappa shape index (κ2) is 6.15. The van der Waals surface area contributed by atoms with Gasteiger partial charge in [0.15, 0.2) is 0 Å². The molecule has 0 spiro atoms. The zero-order chi connectivity index (χ0) is 12.1. The number of benzene rings is 1. The van der Waals surface area contributed by atoms with Gasteiger partial charge in [-0.3, -0.25) is 0 Å². The molecule has 0 radical (unpaired) electrons. The van der Waals surface area contributed by atoms with Crippen LogP contribution in [0.2, 0.25) is 0 Å². The maximum absolute atomic E-state index is 12.8. The highest BCUT2D eigenvalue weighted by atomic mass is 19.1. The minimum Gasteiger partial charge on any atom is -0.317 e. The minimum atomic E-state index is -0.136. The number of hydrogen-bond donors (Lipinski definition) is 1. The lowest BCUT2D eigenvalue weighted by molar-refractivity contribution is 0.400. The number of hydrogen-bond acceptors (Lipinski definition) is 1. The molecule has 1 aliphatic rings. The molecule has 1 aromatic rings. The SMILES string of the molecule is CNC1CCCCC(Cc2ccc(F)cc2)C1. The van der Waals surface area contributed by atoms with Crippen LogP contribution in [0, 0.1) is 11.7 Å². The highest BCUT2D eigenvalue weighted by Crippen LogP contribution is 2.26. The molecule has 0 aliphatic heterocycles. The van der Waals surface area contributed by atoms with Crippen LogP contribution in [0.5, 0.6) is 0 Å². The molecule has 1 aromatic carbocycles. The Bertz CT molecular complexity index is 333. The largest absolute Gasteiger partial charge is 0.317 e. The molecular formula is C15H22FN. The molecule has 2 heteroatoms. The van der Waals surface area contributed by atoms with E-state index in [9.17, 15) is 4.39 Å². The summed E-state index contributed by atoms with van der Waals surface area (Å²) in [6.07, 6.45) is 7.65. The molecule has 0 heterocycles. The van der Waals surface area contributed by atoms with E-state index in [2.05, 4.69) is 12.4 Å². The van der Waals surface area contributed by atoms with Crippen LogP contribution >= 0.6 is 0 Å². The van der Waals surface area contributed by atoms with Crippen LogP contribution in [0.1, 0.15) is 37.7 Å². The number of nitrogens with one attached hydrogen (secondary N) is 1. The summed E-state index contributed by atoms with van der Waals surface area (Å²) in [5, 5.41) is 3.41. The molecule has 0 saturated heterocycles. The predicted molar refractivity (Wildman–Crippen MR) is 69.5 cm³/mol. The summed E-state index contributed by atoms with van der Waals surface area (Å²) in [7, 11) is 2.06. The van der Waals surface area contributed by atoms with Gasteiger partial charge in [0, 0.05) is 6.04 Å². The summed E-state index contributed by atoms with van der Waals surface area (Å²) in [6.45, 7) is 0. The van der Waals surface area contributed by atoms with E-state index >= 15 is 0 Å². The van der Waals surface area contributed by atoms with Crippen molar-refractivity contribution in [2.75, 3.05) is 7.05 Å². The Morgan fingerprint density at radius 3 is 2.59 bits per heavy atom. The Morgan fingerprint density at radius 2 is 1.88 bits per heavy atom. The average molecular weight is 235 g/mol. The van der Waals surface area contributed by atoms with E-state index in [1.165, 1.54) is 37.7 Å². The van der Waals surface area contributed by atoms with E-state index in [0.717, 1.165) is 12.3 Å². The third-order valence-corrected chi connectivity index (χ3v) is 3.88. The van der Waals surface area contributed by atoms with Crippen molar-refractivity contribution in [3.63, 3.8) is 0 Å². The fourth-order valence-electron chi connectivity index (χ4n) is 2.86. The first-order valence-corrected chi connectivity index (χ1v) is 6.69. The molecule has 0 bridgehead atoms. The predicted octanol–water partition coefficient (Wildman–Crippen LogP) is 3.54. The maximum Gasteiger partial charge on any atom is 0.123 e. The van der Waals surface area contributed by atoms with Crippen molar-refractivity contribution in [2.45, 2.75) is 44.6 Å². The minimum absolute atomic E-state index is 0.136. The normalized spacial score (nSPS) is 25.5. The van der Waals surface area contributed by atoms with Crippen molar-refractivity contribution in [1.29, 1.82) is 0 Å². The van der Waals surface area contributed by atoms with Gasteiger partial charge >= 0.3 is 0 Å². The van der Waals surface area contributed by atoms with Gasteiger partial charge in [0.05, 0.1) is 0 Å². The van der Waals surface area contributed by atoms with Gasteiger partial charge < -0.3 is 5.32 Å². The number of halogens is 1. The summed E-state index contributed by atoms with van der Waals surface area (Å²) in [5.41, 5.74) is 1.27. The van der Waals surface area contributed by atoms with Gasteiger partial charge in [-0.1, -0.05) is 31.4 Å². The second-order valence-corrected chi connectivity index (χ2v) is 5.20. The van der Waals surface area contributed by atoms with Crippen LogP contribution in [0.25, 0.3) is 0 Å². The van der Waals surface area contributed by atoms with Gasteiger partial charge in [-0.25, -0.2) is 4.39 Å². The lowest BCUT2D eigenvalue weighted by Gasteiger charge is -2.19. The Hall–Kier alpha value is -0.890. The van der Waals surface area contributed by atoms with Crippen molar-refractivity contribution in [2.24, 2.45) is 5.92 Å². The van der Waals surface area contributed by atoms with Gasteiger partial charge in [0.25, 0.3) is 0 Å². The summed E-state index contributed by atoms with van der Waals surface area (Å²) in [6, 6.07) is 7.66. The highest BCUT2D eigenvalue weighted by Gasteiger charge is 2.19. The van der Waals surface area contributed by atoms with Crippen LogP contribution in [-0.4, -0.2) is 13.1 Å². The van der Waals surface area contributed by atoms with Crippen LogP contribution in [-0.2, 0) is 6.42 Å². The topological polar surface area (TPSA) is 12.0 Å². The van der Waals surface area contributed by atoms with Crippen molar-refractivity contribution in [3.05, 3.63) is 35.6 Å². The van der Waals surface area contributed by atoms with Gasteiger partial charge in [-0.15, -0.1) is 0 Å². The molecule has 1 nitrogen and oxygen atoms in total. The summed E-state index contributed by atoms with van der Waals surface area (Å²) >= 11 is 0. The highest BCUT2D eigenvalue weighted by molar-refractivity contribution is 5.16. The lowest BCUT2D eigenvalue weighted by atomic mass is 9.91. The van der Waals surface area contributed by atoms with E-state index in [0.29, 0.717) is 6.04 Å². The average Bonchev–Trinajstić information content (AvgIpc) is 2.57. The van der Waals surface area contributed by atoms with Crippen LogP contribution in [0.15, 0.2) is 24.3 Å². The Labute approximate surface area is 103 Å². The fraction of sp³-hybridized carbons (Fsp3) is 0.600. The molecule has 1 fully saturated rings. The summed E-state index contributed by atoms with van der Waals surface area (Å²) in [5.74, 6) is 0.614. The lowest BCUT2D eigenvalue weighted by Crippen LogP contribution is -2.26. The van der Waals surface area contributed by atoms with Crippen molar-refractivity contribution >= 4 is 0 Å². The molecule has 17 heavy (non-hydrogen) atoms. The molecular weight excluding hydrogens is 213 g/mol. The van der Waals surface area contributed by atoms with E-state index in [-0.39, 0.29) is 5.82 Å². The zero-order valence-electron chi connectivity index (χ0n) is 10.6. The van der Waals surface area contributed by atoms with Gasteiger partial charge in [0.1, 0.15) is 5.82 Å². The molecule has 2 atom stereocenters. The molecule has 1 saturated carbocycles. The molecule has 2 rings (SSSR count). The molecule has 0 aromatic heterocycles. The van der Waals surface area contributed by atoms with Crippen LogP contribution in [0.4, 0.5) is 4.39 Å². The first-order valence-electron chi connectivity index (χ1n) is 6.69. The molecule has 94 valence electrons. The second-order valence-electron chi connectivity index (χ2n) is 5.20.